The number of alkyl halides is 1. The molecule has 9 heavy (non-hydrogen) atoms. The molecule has 1 aliphatic heterocycles. The van der Waals surface area contributed by atoms with Gasteiger partial charge in [-0.3, -0.25) is 4.79 Å². The van der Waals surface area contributed by atoms with E-state index >= 15 is 0 Å². The van der Waals surface area contributed by atoms with E-state index in [1.165, 1.54) is 6.38 Å². The van der Waals surface area contributed by atoms with Crippen molar-refractivity contribution < 1.29 is 9.90 Å². The van der Waals surface area contributed by atoms with E-state index in [4.69, 9.17) is 5.11 Å². The van der Waals surface area contributed by atoms with Crippen molar-refractivity contribution in [3.8, 4) is 0 Å². The molecule has 0 bridgehead atoms. The van der Waals surface area contributed by atoms with Gasteiger partial charge in [0.2, 0.25) is 0 Å². The minimum Gasteiger partial charge on any atom is -0.481 e. The summed E-state index contributed by atoms with van der Waals surface area (Å²) in [5.74, 6) is -0.793. The van der Waals surface area contributed by atoms with Crippen LogP contribution in [0.25, 0.3) is 0 Å². The van der Waals surface area contributed by atoms with Crippen molar-refractivity contribution in [1.82, 2.24) is 5.32 Å². The van der Waals surface area contributed by atoms with Crippen LogP contribution in [-0.2, 0) is 4.79 Å². The molecule has 3 nitrogen and oxygen atoms in total. The minimum atomic E-state index is -0.682. The van der Waals surface area contributed by atoms with Gasteiger partial charge >= 0.3 is 5.97 Å². The number of carboxylic acid groups (broad SMARTS) is 1. The largest absolute Gasteiger partial charge is 0.481 e. The Kier molecular flexibility index (Phi) is 4.44. The van der Waals surface area contributed by atoms with Gasteiger partial charge in [0.15, 0.2) is 0 Å². The van der Waals surface area contributed by atoms with E-state index < -0.39 is 5.97 Å². The average molecular weight is 152 g/mol. The van der Waals surface area contributed by atoms with Gasteiger partial charge in [0.05, 0.1) is 5.92 Å². The van der Waals surface area contributed by atoms with Crippen molar-refractivity contribution in [3.63, 3.8) is 0 Å². The van der Waals surface area contributed by atoms with Gasteiger partial charge in [-0.1, -0.05) is 0 Å². The van der Waals surface area contributed by atoms with Crippen LogP contribution < -0.4 is 5.32 Å². The van der Waals surface area contributed by atoms with Crippen LogP contribution >= 0.6 is 11.6 Å². The van der Waals surface area contributed by atoms with Crippen LogP contribution in [0.1, 0.15) is 0 Å². The highest BCUT2D eigenvalue weighted by atomic mass is 35.5. The van der Waals surface area contributed by atoms with E-state index in [2.05, 4.69) is 16.9 Å². The van der Waals surface area contributed by atoms with Crippen LogP contribution in [0.15, 0.2) is 0 Å². The summed E-state index contributed by atoms with van der Waals surface area (Å²) in [4.78, 5) is 9.94. The molecule has 1 heterocycles. The van der Waals surface area contributed by atoms with E-state index in [1.54, 1.807) is 0 Å². The molecular formula is C5H10ClNO2. The maximum atomic E-state index is 9.94. The SMILES string of the molecule is CCl.O=C(O)C1CNC1. The molecule has 0 aliphatic carbocycles. The standard InChI is InChI=1S/C4H7NO2.CH3Cl/c6-4(7)3-1-5-2-3;1-2/h3,5H,1-2H2,(H,6,7);1H3. The second-order valence-electron chi connectivity index (χ2n) is 1.69. The van der Waals surface area contributed by atoms with Crippen LogP contribution in [0.4, 0.5) is 0 Å². The van der Waals surface area contributed by atoms with Gasteiger partial charge in [0, 0.05) is 19.5 Å². The number of aliphatic carboxylic acids is 1. The predicted molar refractivity (Wildman–Crippen MR) is 35.8 cm³/mol. The Morgan fingerprint density at radius 2 is 2.11 bits per heavy atom. The number of nitrogens with one attached hydrogen (secondary N) is 1. The van der Waals surface area contributed by atoms with Crippen molar-refractivity contribution in [2.24, 2.45) is 5.92 Å². The molecule has 0 spiro atoms. The van der Waals surface area contributed by atoms with Crippen LogP contribution in [-0.4, -0.2) is 30.5 Å². The Bertz CT molecular complexity index is 93.0. The highest BCUT2D eigenvalue weighted by molar-refractivity contribution is 6.15. The molecule has 0 aromatic rings. The fourth-order valence-corrected chi connectivity index (χ4v) is 0.463. The zero-order chi connectivity index (χ0) is 7.28. The molecule has 0 amide bonds. The second-order valence-corrected chi connectivity index (χ2v) is 1.69. The third kappa shape index (κ3) is 2.67. The minimum absolute atomic E-state index is 0.111. The average Bonchev–Trinajstić information content (AvgIpc) is 1.65. The summed E-state index contributed by atoms with van der Waals surface area (Å²) in [6.45, 7) is 1.30. The van der Waals surface area contributed by atoms with Gasteiger partial charge in [-0.05, 0) is 0 Å². The summed E-state index contributed by atoms with van der Waals surface area (Å²) in [5.41, 5.74) is 0. The topological polar surface area (TPSA) is 49.3 Å². The van der Waals surface area contributed by atoms with Crippen LogP contribution in [0.5, 0.6) is 0 Å². The maximum Gasteiger partial charge on any atom is 0.309 e. The van der Waals surface area contributed by atoms with E-state index in [9.17, 15) is 4.79 Å². The number of hydrogen-bond donors (Lipinski definition) is 2. The molecule has 0 aromatic carbocycles. The van der Waals surface area contributed by atoms with E-state index in [0.29, 0.717) is 13.1 Å². The normalized spacial score (nSPS) is 17.1. The number of hydrogen-bond acceptors (Lipinski definition) is 2. The van der Waals surface area contributed by atoms with Gasteiger partial charge in [0.1, 0.15) is 0 Å². The summed E-state index contributed by atoms with van der Waals surface area (Å²) >= 11 is 4.64. The molecule has 2 N–H and O–H groups in total. The Hall–Kier alpha value is -0.280. The van der Waals surface area contributed by atoms with E-state index in [0.717, 1.165) is 0 Å². The number of rotatable bonds is 1. The molecular weight excluding hydrogens is 142 g/mol. The Labute approximate surface area is 59.0 Å². The molecule has 0 unspecified atom stereocenters. The molecule has 0 atom stereocenters. The van der Waals surface area contributed by atoms with Crippen molar-refractivity contribution >= 4 is 17.6 Å². The first-order valence-electron chi connectivity index (χ1n) is 2.62. The van der Waals surface area contributed by atoms with E-state index in [1.807, 2.05) is 0 Å². The Morgan fingerprint density at radius 3 is 2.11 bits per heavy atom. The number of carboxylic acids is 1. The second kappa shape index (κ2) is 4.58. The van der Waals surface area contributed by atoms with E-state index in [-0.39, 0.29) is 5.92 Å². The first-order chi connectivity index (χ1) is 4.30. The molecule has 1 rings (SSSR count). The zero-order valence-corrected chi connectivity index (χ0v) is 5.98. The Morgan fingerprint density at radius 1 is 1.67 bits per heavy atom. The van der Waals surface area contributed by atoms with Crippen LogP contribution in [0.2, 0.25) is 0 Å². The van der Waals surface area contributed by atoms with Crippen LogP contribution in [0.3, 0.4) is 0 Å². The van der Waals surface area contributed by atoms with Crippen molar-refractivity contribution in [3.05, 3.63) is 0 Å². The number of carbonyl (C=O) groups is 1. The molecule has 1 fully saturated rings. The lowest BCUT2D eigenvalue weighted by Crippen LogP contribution is -2.46. The van der Waals surface area contributed by atoms with Gasteiger partial charge in [0.25, 0.3) is 0 Å². The summed E-state index contributed by atoms with van der Waals surface area (Å²) in [6, 6.07) is 0. The third-order valence-corrected chi connectivity index (χ3v) is 1.13. The molecule has 1 saturated heterocycles. The lowest BCUT2D eigenvalue weighted by Gasteiger charge is -2.21. The summed E-state index contributed by atoms with van der Waals surface area (Å²) < 4.78 is 0. The quantitative estimate of drug-likeness (QED) is 0.525. The maximum absolute atomic E-state index is 9.94. The third-order valence-electron chi connectivity index (χ3n) is 1.13. The lowest BCUT2D eigenvalue weighted by atomic mass is 10.1. The summed E-state index contributed by atoms with van der Waals surface area (Å²) in [6.07, 6.45) is 1.47. The van der Waals surface area contributed by atoms with Gasteiger partial charge < -0.3 is 10.4 Å². The summed E-state index contributed by atoms with van der Waals surface area (Å²) in [7, 11) is 0. The van der Waals surface area contributed by atoms with Gasteiger partial charge in [-0.25, -0.2) is 0 Å². The highest BCUT2D eigenvalue weighted by Gasteiger charge is 2.23. The first-order valence-corrected chi connectivity index (χ1v) is 3.37. The fraction of sp³-hybridized carbons (Fsp3) is 0.800. The van der Waals surface area contributed by atoms with Crippen molar-refractivity contribution in [1.29, 1.82) is 0 Å². The van der Waals surface area contributed by atoms with Gasteiger partial charge in [-0.2, -0.15) is 0 Å². The molecule has 0 saturated carbocycles. The zero-order valence-electron chi connectivity index (χ0n) is 5.22. The molecule has 54 valence electrons. The van der Waals surface area contributed by atoms with Gasteiger partial charge in [-0.15, -0.1) is 11.6 Å². The number of halogens is 1. The summed E-state index contributed by atoms with van der Waals surface area (Å²) in [5, 5.41) is 11.1. The predicted octanol–water partition coefficient (Wildman–Crippen LogP) is 0.145. The smallest absolute Gasteiger partial charge is 0.309 e. The highest BCUT2D eigenvalue weighted by Crippen LogP contribution is 2.00. The molecule has 0 aromatic heterocycles. The van der Waals surface area contributed by atoms with Crippen molar-refractivity contribution in [2.45, 2.75) is 0 Å². The molecule has 0 radical (unpaired) electrons. The fourth-order valence-electron chi connectivity index (χ4n) is 0.463. The molecule has 4 heteroatoms. The monoisotopic (exact) mass is 151 g/mol. The Balaban J connectivity index is 0.000000291. The molecule has 1 aliphatic rings. The van der Waals surface area contributed by atoms with Crippen LogP contribution in [0, 0.1) is 5.92 Å². The lowest BCUT2D eigenvalue weighted by molar-refractivity contribution is -0.143. The van der Waals surface area contributed by atoms with Crippen molar-refractivity contribution in [2.75, 3.05) is 19.5 Å². The first kappa shape index (κ1) is 8.72.